The molecule has 3 aromatic carbocycles. The van der Waals surface area contributed by atoms with Crippen LogP contribution in [0, 0.1) is 30.1 Å². The molecule has 0 saturated heterocycles. The fourth-order valence-electron chi connectivity index (χ4n) is 4.89. The molecular weight excluding hydrogens is 514 g/mol. The monoisotopic (exact) mass is 551 g/mol. The summed E-state index contributed by atoms with van der Waals surface area (Å²) in [6.07, 6.45) is 4.93. The minimum absolute atomic E-state index is 0.0267. The van der Waals surface area contributed by atoms with Crippen molar-refractivity contribution < 1.29 is 4.79 Å². The second kappa shape index (κ2) is 14.0. The Bertz CT molecular complexity index is 1490. The molecule has 1 amide bonds. The first-order valence-electron chi connectivity index (χ1n) is 13.8. The highest BCUT2D eigenvalue weighted by Gasteiger charge is 2.20. The number of fused-ring (bicyclic) bond motifs is 1. The summed E-state index contributed by atoms with van der Waals surface area (Å²) in [6, 6.07) is 25.4. The number of rotatable bonds is 6. The zero-order valence-electron chi connectivity index (χ0n) is 23.7. The van der Waals surface area contributed by atoms with Crippen LogP contribution >= 0.6 is 11.8 Å². The van der Waals surface area contributed by atoms with Gasteiger partial charge in [0.25, 0.3) is 5.91 Å². The predicted octanol–water partition coefficient (Wildman–Crippen LogP) is 7.27. The number of nitrogens with one attached hydrogen (secondary N) is 1. The molecule has 1 aliphatic carbocycles. The molecule has 5 rings (SSSR count). The van der Waals surface area contributed by atoms with Crippen molar-refractivity contribution in [3.63, 3.8) is 0 Å². The molecule has 0 spiro atoms. The highest BCUT2D eigenvalue weighted by molar-refractivity contribution is 7.99. The normalized spacial score (nSPS) is 16.4. The molecule has 1 aliphatic rings. The van der Waals surface area contributed by atoms with Gasteiger partial charge in [-0.2, -0.15) is 5.26 Å². The number of carbonyl (C=O) groups excluding carboxylic acids is 1. The zero-order chi connectivity index (χ0) is 28.5. The largest absolute Gasteiger partial charge is 0.362 e. The average Bonchev–Trinajstić information content (AvgIpc) is 2.97. The maximum Gasteiger partial charge on any atom is 0.252 e. The maximum atomic E-state index is 12.7. The van der Waals surface area contributed by atoms with E-state index in [9.17, 15) is 10.1 Å². The summed E-state index contributed by atoms with van der Waals surface area (Å²) in [6.45, 7) is 4.97. The Morgan fingerprint density at radius 2 is 1.60 bits per heavy atom. The van der Waals surface area contributed by atoms with E-state index in [1.165, 1.54) is 37.4 Å². The van der Waals surface area contributed by atoms with Crippen molar-refractivity contribution in [3.05, 3.63) is 89.7 Å². The first-order valence-corrected chi connectivity index (χ1v) is 14.6. The van der Waals surface area contributed by atoms with Crippen molar-refractivity contribution in [1.82, 2.24) is 15.3 Å². The van der Waals surface area contributed by atoms with Crippen molar-refractivity contribution in [2.45, 2.75) is 49.3 Å². The van der Waals surface area contributed by atoms with Gasteiger partial charge in [-0.25, -0.2) is 9.97 Å². The first kappa shape index (κ1) is 29.1. The Balaban J connectivity index is 0.000000222. The molecule has 6 nitrogen and oxygen atoms in total. The minimum Gasteiger partial charge on any atom is -0.362 e. The zero-order valence-corrected chi connectivity index (χ0v) is 24.5. The number of anilines is 1. The number of aryl methyl sites for hydroxylation is 1. The molecule has 4 aromatic rings. The third kappa shape index (κ3) is 7.61. The summed E-state index contributed by atoms with van der Waals surface area (Å²) >= 11 is 1.47. The van der Waals surface area contributed by atoms with Crippen LogP contribution in [0.15, 0.2) is 82.6 Å². The van der Waals surface area contributed by atoms with Crippen LogP contribution in [0.5, 0.6) is 0 Å². The smallest absolute Gasteiger partial charge is 0.252 e. The number of benzene rings is 3. The van der Waals surface area contributed by atoms with Crippen molar-refractivity contribution in [3.8, 4) is 6.07 Å². The number of para-hydroxylation sites is 1. The Labute approximate surface area is 241 Å². The SMILES string of the molecule is CC1CCC(CNC(=O)c2ccccc2Sc2ccccc2C#N)CC1.Cc1nc(N(C)C)c2ccccc2n1. The molecule has 1 heterocycles. The summed E-state index contributed by atoms with van der Waals surface area (Å²) < 4.78 is 0. The van der Waals surface area contributed by atoms with Crippen LogP contribution in [0.2, 0.25) is 0 Å². The van der Waals surface area contributed by atoms with Gasteiger partial charge in [0.15, 0.2) is 0 Å². The number of aromatic nitrogens is 2. The Morgan fingerprint density at radius 3 is 2.33 bits per heavy atom. The molecule has 0 radical (unpaired) electrons. The van der Waals surface area contributed by atoms with Crippen molar-refractivity contribution >= 4 is 34.4 Å². The molecule has 1 fully saturated rings. The molecule has 7 heteroatoms. The van der Waals surface area contributed by atoms with Gasteiger partial charge < -0.3 is 10.2 Å². The molecule has 1 saturated carbocycles. The standard InChI is InChI=1S/C22H24N2OS.C11H13N3/c1-16-10-12-17(13-11-16)15-24-22(25)19-7-3-5-9-21(19)26-20-8-4-2-6-18(20)14-23;1-8-12-10-7-5-4-6-9(10)11(13-8)14(2)3/h2-9,16-17H,10-13,15H2,1H3,(H,24,25);4-7H,1-3H3. The Hall–Kier alpha value is -3.89. The quantitative estimate of drug-likeness (QED) is 0.271. The molecular formula is C33H37N5OS. The Morgan fingerprint density at radius 1 is 0.950 bits per heavy atom. The third-order valence-electron chi connectivity index (χ3n) is 7.16. The van der Waals surface area contributed by atoms with Crippen LogP contribution < -0.4 is 10.2 Å². The van der Waals surface area contributed by atoms with Gasteiger partial charge in [0.2, 0.25) is 0 Å². The van der Waals surface area contributed by atoms with Crippen LogP contribution in [-0.2, 0) is 0 Å². The second-order valence-electron chi connectivity index (χ2n) is 10.5. The lowest BCUT2D eigenvalue weighted by Gasteiger charge is -2.26. The van der Waals surface area contributed by atoms with Crippen LogP contribution in [0.4, 0.5) is 5.82 Å². The molecule has 0 atom stereocenters. The fraction of sp³-hybridized carbons (Fsp3) is 0.333. The molecule has 1 N–H and O–H groups in total. The van der Waals surface area contributed by atoms with Gasteiger partial charge in [0.05, 0.1) is 16.6 Å². The van der Waals surface area contributed by atoms with Gasteiger partial charge in [0.1, 0.15) is 17.7 Å². The molecule has 0 bridgehead atoms. The highest BCUT2D eigenvalue weighted by atomic mass is 32.2. The van der Waals surface area contributed by atoms with Gasteiger partial charge in [-0.1, -0.05) is 67.9 Å². The Kier molecular flexibility index (Phi) is 10.2. The highest BCUT2D eigenvalue weighted by Crippen LogP contribution is 2.33. The van der Waals surface area contributed by atoms with Crippen molar-refractivity contribution in [2.75, 3.05) is 25.5 Å². The summed E-state index contributed by atoms with van der Waals surface area (Å²) in [7, 11) is 3.99. The van der Waals surface area contributed by atoms with Crippen LogP contribution in [0.3, 0.4) is 0 Å². The van der Waals surface area contributed by atoms with Gasteiger partial charge in [0, 0.05) is 35.8 Å². The number of hydrogen-bond donors (Lipinski definition) is 1. The lowest BCUT2D eigenvalue weighted by atomic mass is 9.83. The summed E-state index contributed by atoms with van der Waals surface area (Å²) in [5.41, 5.74) is 2.31. The van der Waals surface area contributed by atoms with Gasteiger partial charge in [-0.15, -0.1) is 0 Å². The van der Waals surface area contributed by atoms with Gasteiger partial charge in [-0.05, 0) is 68.0 Å². The van der Waals surface area contributed by atoms with Crippen molar-refractivity contribution in [1.29, 1.82) is 5.26 Å². The summed E-state index contributed by atoms with van der Waals surface area (Å²) in [5, 5.41) is 13.5. The number of amides is 1. The van der Waals surface area contributed by atoms with E-state index < -0.39 is 0 Å². The van der Waals surface area contributed by atoms with E-state index in [0.29, 0.717) is 17.0 Å². The van der Waals surface area contributed by atoms with Gasteiger partial charge >= 0.3 is 0 Å². The molecule has 206 valence electrons. The fourth-order valence-corrected chi connectivity index (χ4v) is 5.91. The van der Waals surface area contributed by atoms with Crippen molar-refractivity contribution in [2.24, 2.45) is 11.8 Å². The lowest BCUT2D eigenvalue weighted by Crippen LogP contribution is -2.31. The van der Waals surface area contributed by atoms with E-state index in [4.69, 9.17) is 0 Å². The number of nitriles is 1. The summed E-state index contributed by atoms with van der Waals surface area (Å²) in [5.74, 6) is 3.18. The van der Waals surface area contributed by atoms with E-state index in [2.05, 4.69) is 28.3 Å². The number of nitrogens with zero attached hydrogens (tertiary/aromatic N) is 4. The van der Waals surface area contributed by atoms with Gasteiger partial charge in [-0.3, -0.25) is 4.79 Å². The lowest BCUT2D eigenvalue weighted by molar-refractivity contribution is 0.0939. The van der Waals surface area contributed by atoms with Crippen LogP contribution in [0.1, 0.15) is 54.4 Å². The second-order valence-corrected chi connectivity index (χ2v) is 11.6. The first-order chi connectivity index (χ1) is 19.4. The van der Waals surface area contributed by atoms with Crippen LogP contribution in [-0.4, -0.2) is 36.5 Å². The maximum absolute atomic E-state index is 12.7. The molecule has 40 heavy (non-hydrogen) atoms. The summed E-state index contributed by atoms with van der Waals surface area (Å²) in [4.78, 5) is 25.3. The van der Waals surface area contributed by atoms with E-state index in [-0.39, 0.29) is 5.91 Å². The molecule has 0 aliphatic heterocycles. The average molecular weight is 552 g/mol. The predicted molar refractivity (Wildman–Crippen MR) is 164 cm³/mol. The van der Waals surface area contributed by atoms with E-state index in [1.807, 2.05) is 92.6 Å². The van der Waals surface area contributed by atoms with E-state index in [0.717, 1.165) is 44.8 Å². The molecule has 0 unspecified atom stereocenters. The minimum atomic E-state index is -0.0267. The van der Waals surface area contributed by atoms with Crippen LogP contribution in [0.25, 0.3) is 10.9 Å². The number of hydrogen-bond acceptors (Lipinski definition) is 6. The molecule has 1 aromatic heterocycles. The third-order valence-corrected chi connectivity index (χ3v) is 8.32. The van der Waals surface area contributed by atoms with E-state index >= 15 is 0 Å². The number of carbonyl (C=O) groups is 1. The topological polar surface area (TPSA) is 81.9 Å². The van der Waals surface area contributed by atoms with E-state index in [1.54, 1.807) is 6.07 Å².